The summed E-state index contributed by atoms with van der Waals surface area (Å²) in [4.78, 5) is 13.6. The molecule has 1 aliphatic rings. The van der Waals surface area contributed by atoms with Crippen molar-refractivity contribution >= 4 is 33.0 Å². The van der Waals surface area contributed by atoms with Gasteiger partial charge in [-0.3, -0.25) is 4.79 Å². The number of carbonyl (C=O) groups excluding carboxylic acids is 1. The molecule has 2 aromatic carbocycles. The fourth-order valence-electron chi connectivity index (χ4n) is 3.73. The lowest BCUT2D eigenvalue weighted by molar-refractivity contribution is 0.102. The number of piperidine rings is 1. The molecule has 2 heterocycles. The van der Waals surface area contributed by atoms with Crippen LogP contribution in [0.2, 0.25) is 0 Å². The summed E-state index contributed by atoms with van der Waals surface area (Å²) in [6, 6.07) is 15.7. The largest absolute Gasteiger partial charge is 0.497 e. The van der Waals surface area contributed by atoms with Crippen molar-refractivity contribution in [2.45, 2.75) is 23.5 Å². The van der Waals surface area contributed by atoms with Crippen LogP contribution in [-0.4, -0.2) is 45.9 Å². The Morgan fingerprint density at radius 1 is 0.939 bits per heavy atom. The second-order valence-electron chi connectivity index (χ2n) is 7.68. The van der Waals surface area contributed by atoms with Crippen molar-refractivity contribution in [2.75, 3.05) is 32.6 Å². The average Bonchev–Trinajstić information content (AvgIpc) is 3.36. The fourth-order valence-corrected chi connectivity index (χ4v) is 6.71. The molecule has 0 spiro atoms. The second kappa shape index (κ2) is 9.94. The number of nitrogens with one attached hydrogen (secondary N) is 1. The summed E-state index contributed by atoms with van der Waals surface area (Å²) in [5.74, 6) is 0.858. The lowest BCUT2D eigenvalue weighted by Gasteiger charge is -2.25. The van der Waals surface area contributed by atoms with Gasteiger partial charge in [0.15, 0.2) is 0 Å². The van der Waals surface area contributed by atoms with Crippen LogP contribution in [0.4, 0.5) is 5.69 Å². The number of nitrogens with zero attached hydrogens (tertiary/aromatic N) is 1. The zero-order chi connectivity index (χ0) is 23.4. The number of hydrogen-bond donors (Lipinski definition) is 1. The Kier molecular flexibility index (Phi) is 7.02. The fraction of sp³-hybridized carbons (Fsp3) is 0.292. The molecule has 0 radical (unpaired) electrons. The first kappa shape index (κ1) is 23.3. The SMILES string of the molecule is COc1ccc(NC(=O)c2ccc(-c3ccc(S(=O)(=O)N4CCCCC4)s3)cc2)c(OC)c1. The number of methoxy groups -OCH3 is 2. The van der Waals surface area contributed by atoms with Crippen LogP contribution in [0.15, 0.2) is 58.8 Å². The summed E-state index contributed by atoms with van der Waals surface area (Å²) < 4.78 is 38.3. The maximum Gasteiger partial charge on any atom is 0.255 e. The molecule has 1 saturated heterocycles. The number of amides is 1. The highest BCUT2D eigenvalue weighted by molar-refractivity contribution is 7.91. The third-order valence-corrected chi connectivity index (χ3v) is 9.08. The molecule has 0 aliphatic carbocycles. The first-order valence-electron chi connectivity index (χ1n) is 10.7. The molecule has 4 rings (SSSR count). The first-order valence-corrected chi connectivity index (χ1v) is 12.9. The average molecular weight is 487 g/mol. The van der Waals surface area contributed by atoms with Crippen molar-refractivity contribution in [3.63, 3.8) is 0 Å². The van der Waals surface area contributed by atoms with E-state index in [-0.39, 0.29) is 5.91 Å². The highest BCUT2D eigenvalue weighted by Gasteiger charge is 2.27. The van der Waals surface area contributed by atoms with Crippen molar-refractivity contribution in [1.29, 1.82) is 0 Å². The zero-order valence-corrected chi connectivity index (χ0v) is 20.2. The summed E-state index contributed by atoms with van der Waals surface area (Å²) in [6.07, 6.45) is 2.89. The molecule has 1 N–H and O–H groups in total. The van der Waals surface area contributed by atoms with Gasteiger partial charge in [-0.25, -0.2) is 8.42 Å². The molecule has 174 valence electrons. The molecule has 1 fully saturated rings. The Balaban J connectivity index is 1.48. The number of benzene rings is 2. The smallest absolute Gasteiger partial charge is 0.255 e. The van der Waals surface area contributed by atoms with Gasteiger partial charge < -0.3 is 14.8 Å². The molecule has 1 aliphatic heterocycles. The van der Waals surface area contributed by atoms with E-state index in [2.05, 4.69) is 5.32 Å². The number of rotatable bonds is 7. The predicted octanol–water partition coefficient (Wildman–Crippen LogP) is 4.86. The van der Waals surface area contributed by atoms with Gasteiger partial charge in [0.2, 0.25) is 0 Å². The van der Waals surface area contributed by atoms with Gasteiger partial charge in [0.1, 0.15) is 15.7 Å². The van der Waals surface area contributed by atoms with E-state index >= 15 is 0 Å². The van der Waals surface area contributed by atoms with Gasteiger partial charge in [-0.05, 0) is 54.8 Å². The van der Waals surface area contributed by atoms with Crippen LogP contribution < -0.4 is 14.8 Å². The Labute approximate surface area is 198 Å². The molecule has 9 heteroatoms. The van der Waals surface area contributed by atoms with E-state index in [4.69, 9.17) is 9.47 Å². The minimum atomic E-state index is -3.45. The molecular weight excluding hydrogens is 460 g/mol. The van der Waals surface area contributed by atoms with Gasteiger partial charge in [-0.15, -0.1) is 11.3 Å². The number of carbonyl (C=O) groups is 1. The van der Waals surface area contributed by atoms with Crippen LogP contribution in [0.3, 0.4) is 0 Å². The molecule has 3 aromatic rings. The van der Waals surface area contributed by atoms with Crippen molar-refractivity contribution in [3.8, 4) is 21.9 Å². The van der Waals surface area contributed by atoms with Gasteiger partial charge in [0.25, 0.3) is 15.9 Å². The third-order valence-electron chi connectivity index (χ3n) is 5.58. The van der Waals surface area contributed by atoms with Crippen LogP contribution in [0.5, 0.6) is 11.5 Å². The Morgan fingerprint density at radius 2 is 1.67 bits per heavy atom. The van der Waals surface area contributed by atoms with E-state index in [0.29, 0.717) is 40.0 Å². The lowest BCUT2D eigenvalue weighted by Crippen LogP contribution is -2.35. The van der Waals surface area contributed by atoms with E-state index in [1.807, 2.05) is 18.2 Å². The maximum atomic E-state index is 12.9. The maximum absolute atomic E-state index is 12.9. The number of anilines is 1. The van der Waals surface area contributed by atoms with E-state index in [1.54, 1.807) is 47.8 Å². The van der Waals surface area contributed by atoms with Crippen molar-refractivity contribution in [3.05, 3.63) is 60.2 Å². The second-order valence-corrected chi connectivity index (χ2v) is 10.9. The number of sulfonamides is 1. The molecule has 7 nitrogen and oxygen atoms in total. The Hall–Kier alpha value is -2.88. The van der Waals surface area contributed by atoms with Crippen molar-refractivity contribution in [2.24, 2.45) is 0 Å². The summed E-state index contributed by atoms with van der Waals surface area (Å²) in [7, 11) is -0.359. The number of hydrogen-bond acceptors (Lipinski definition) is 6. The van der Waals surface area contributed by atoms with Crippen molar-refractivity contribution in [1.82, 2.24) is 4.31 Å². The van der Waals surface area contributed by atoms with Crippen LogP contribution in [0.25, 0.3) is 10.4 Å². The van der Waals surface area contributed by atoms with Crippen LogP contribution in [0.1, 0.15) is 29.6 Å². The van der Waals surface area contributed by atoms with Gasteiger partial charge in [0.05, 0.1) is 19.9 Å². The van der Waals surface area contributed by atoms with Crippen LogP contribution >= 0.6 is 11.3 Å². The standard InChI is InChI=1S/C24H26N2O5S2/c1-30-19-10-11-20(21(16-19)31-2)25-24(27)18-8-6-17(7-9-18)22-12-13-23(32-22)33(28,29)26-14-4-3-5-15-26/h6-13,16H,3-5,14-15H2,1-2H3,(H,25,27). The van der Waals surface area contributed by atoms with Gasteiger partial charge in [-0.2, -0.15) is 4.31 Å². The Morgan fingerprint density at radius 3 is 2.33 bits per heavy atom. The highest BCUT2D eigenvalue weighted by Crippen LogP contribution is 2.34. The topological polar surface area (TPSA) is 84.9 Å². The minimum Gasteiger partial charge on any atom is -0.497 e. The highest BCUT2D eigenvalue weighted by atomic mass is 32.2. The summed E-state index contributed by atoms with van der Waals surface area (Å²) in [5.41, 5.74) is 1.88. The molecule has 0 bridgehead atoms. The first-order chi connectivity index (χ1) is 15.9. The van der Waals surface area contributed by atoms with Crippen LogP contribution in [0, 0.1) is 0 Å². The monoisotopic (exact) mass is 486 g/mol. The van der Waals surface area contributed by atoms with E-state index < -0.39 is 10.0 Å². The lowest BCUT2D eigenvalue weighted by atomic mass is 10.1. The Bertz CT molecular complexity index is 1230. The number of ether oxygens (including phenoxy) is 2. The molecule has 1 amide bonds. The minimum absolute atomic E-state index is 0.274. The number of thiophene rings is 1. The molecular formula is C24H26N2O5S2. The normalized spacial score (nSPS) is 14.6. The summed E-state index contributed by atoms with van der Waals surface area (Å²) >= 11 is 1.25. The molecule has 0 atom stereocenters. The van der Waals surface area contributed by atoms with Gasteiger partial charge in [-0.1, -0.05) is 18.6 Å². The van der Waals surface area contributed by atoms with Gasteiger partial charge in [0, 0.05) is 29.6 Å². The molecule has 0 unspecified atom stereocenters. The summed E-state index contributed by atoms with van der Waals surface area (Å²) in [5, 5.41) is 2.85. The predicted molar refractivity (Wildman–Crippen MR) is 130 cm³/mol. The third kappa shape index (κ3) is 5.05. The molecule has 1 aromatic heterocycles. The quantitative estimate of drug-likeness (QED) is 0.516. The van der Waals surface area contributed by atoms with E-state index in [1.165, 1.54) is 18.4 Å². The van der Waals surface area contributed by atoms with E-state index in [9.17, 15) is 13.2 Å². The zero-order valence-electron chi connectivity index (χ0n) is 18.5. The van der Waals surface area contributed by atoms with Crippen molar-refractivity contribution < 1.29 is 22.7 Å². The summed E-state index contributed by atoms with van der Waals surface area (Å²) in [6.45, 7) is 1.16. The van der Waals surface area contributed by atoms with Crippen LogP contribution in [-0.2, 0) is 10.0 Å². The van der Waals surface area contributed by atoms with E-state index in [0.717, 1.165) is 29.7 Å². The molecule has 0 saturated carbocycles. The molecule has 33 heavy (non-hydrogen) atoms. The van der Waals surface area contributed by atoms with Gasteiger partial charge >= 0.3 is 0 Å².